The predicted molar refractivity (Wildman–Crippen MR) is 164 cm³/mol. The molecule has 2 saturated carbocycles. The van der Waals surface area contributed by atoms with Crippen molar-refractivity contribution in [2.24, 2.45) is 57.2 Å². The van der Waals surface area contributed by atoms with E-state index >= 15 is 0 Å². The van der Waals surface area contributed by atoms with Gasteiger partial charge in [-0.2, -0.15) is 0 Å². The molecule has 0 aromatic rings. The Labute approximate surface area is 267 Å². The van der Waals surface area contributed by atoms with Crippen molar-refractivity contribution >= 4 is 23.8 Å². The van der Waals surface area contributed by atoms with Gasteiger partial charge in [0.25, 0.3) is 0 Å². The van der Waals surface area contributed by atoms with Crippen LogP contribution in [-0.4, -0.2) is 73.2 Å². The van der Waals surface area contributed by atoms with Gasteiger partial charge in [-0.1, -0.05) is 90.5 Å². The zero-order valence-corrected chi connectivity index (χ0v) is 29.0. The summed E-state index contributed by atoms with van der Waals surface area (Å²) in [4.78, 5) is 48.2. The van der Waals surface area contributed by atoms with Crippen molar-refractivity contribution in [3.63, 3.8) is 0 Å². The second kappa shape index (κ2) is 14.1. The molecule has 0 bridgehead atoms. The van der Waals surface area contributed by atoms with E-state index in [0.717, 1.165) is 6.54 Å². The number of fused-ring (bicyclic) bond motifs is 2. The van der Waals surface area contributed by atoms with Crippen molar-refractivity contribution in [3.8, 4) is 0 Å². The number of carbonyl (C=O) groups excluding carboxylic acids is 3. The topological polar surface area (TPSA) is 122 Å². The number of methoxy groups -OCH3 is 2. The number of amides is 1. The number of hydrogen-bond donors (Lipinski definition) is 2. The van der Waals surface area contributed by atoms with Gasteiger partial charge in [-0.05, 0) is 46.0 Å². The number of likely N-dealkylation sites (tertiary alicyclic amines) is 1. The third-order valence-electron chi connectivity index (χ3n) is 10.8. The van der Waals surface area contributed by atoms with Crippen LogP contribution in [0.5, 0.6) is 0 Å². The maximum atomic E-state index is 12.7. The quantitative estimate of drug-likeness (QED) is 0.453. The van der Waals surface area contributed by atoms with Crippen LogP contribution >= 0.6 is 0 Å². The van der Waals surface area contributed by atoms with Crippen LogP contribution in [0.2, 0.25) is 0 Å². The SMILES string of the molecule is C.COC(=O)[C@@H]1C2C(CN1C(=O)[C@@H](C)C(C)(C)C)C2(C)C.COC(=O)[C@H]1NCC2C1C2(C)C.C[C@H](C(=O)O)C(C)(C)C.[Cl-]. The third kappa shape index (κ3) is 8.44. The molecule has 43 heavy (non-hydrogen) atoms. The lowest BCUT2D eigenvalue weighted by Crippen LogP contribution is -3.00. The maximum absolute atomic E-state index is 12.7. The number of rotatable bonds is 4. The second-order valence-electron chi connectivity index (χ2n) is 15.8. The first kappa shape index (κ1) is 41.1. The lowest BCUT2D eigenvalue weighted by molar-refractivity contribution is -0.155. The van der Waals surface area contributed by atoms with Gasteiger partial charge in [0.05, 0.1) is 20.1 Å². The minimum absolute atomic E-state index is 0. The van der Waals surface area contributed by atoms with Gasteiger partial charge in [-0.3, -0.25) is 14.4 Å². The van der Waals surface area contributed by atoms with Crippen molar-refractivity contribution in [3.05, 3.63) is 0 Å². The average molecular weight is 632 g/mol. The molecule has 0 spiro atoms. The largest absolute Gasteiger partial charge is 1.00 e. The Hall–Kier alpha value is -1.87. The standard InChI is InChI=1S/C16H27NO3.C9H15NO2.C7H14O2.CH4.ClH/c1-9(15(2,3)4)13(18)17-8-10-11(16(10,5)6)12(17)14(19)20-7;1-9(2)5-4-10-7(6(5)9)8(11)12-3;1-5(6(8)9)7(2,3)4;;/h9-12H,8H2,1-7H3;5-7,10H,4H2,1-3H3;5H,1-4H3,(H,8,9);1H4;1H/p-1/t9-,10?,11?,12+;5?,6?,7-;5-;;/m101../s1. The summed E-state index contributed by atoms with van der Waals surface area (Å²) in [5.41, 5.74) is 0.288. The summed E-state index contributed by atoms with van der Waals surface area (Å²) >= 11 is 0. The molecule has 0 aromatic heterocycles. The fourth-order valence-electron chi connectivity index (χ4n) is 6.47. The average Bonchev–Trinajstić information content (AvgIpc) is 3.36. The lowest BCUT2D eigenvalue weighted by atomic mass is 9.81. The number of esters is 2. The van der Waals surface area contributed by atoms with Crippen LogP contribution < -0.4 is 17.7 Å². The molecule has 8 atom stereocenters. The smallest absolute Gasteiger partial charge is 0.328 e. The molecule has 0 radical (unpaired) electrons. The molecule has 2 aliphatic heterocycles. The van der Waals surface area contributed by atoms with E-state index in [2.05, 4.69) is 53.8 Å². The molecule has 2 heterocycles. The molecule has 2 aliphatic carbocycles. The third-order valence-corrected chi connectivity index (χ3v) is 10.8. The summed E-state index contributed by atoms with van der Waals surface area (Å²) in [6, 6.07) is -0.438. The van der Waals surface area contributed by atoms with Crippen LogP contribution in [0.25, 0.3) is 0 Å². The van der Waals surface area contributed by atoms with E-state index in [-0.39, 0.29) is 77.7 Å². The van der Waals surface area contributed by atoms with Crippen LogP contribution in [0.1, 0.15) is 90.5 Å². The second-order valence-corrected chi connectivity index (χ2v) is 15.8. The molecule has 2 saturated heterocycles. The van der Waals surface area contributed by atoms with Gasteiger partial charge in [0.15, 0.2) is 0 Å². The highest BCUT2D eigenvalue weighted by Crippen LogP contribution is 2.65. The molecule has 4 rings (SSSR count). The number of aliphatic carboxylic acids is 1. The number of carboxylic acid groups (broad SMARTS) is 1. The Morgan fingerprint density at radius 1 is 0.814 bits per heavy atom. The van der Waals surface area contributed by atoms with E-state index < -0.39 is 12.0 Å². The minimum Gasteiger partial charge on any atom is -1.00 e. The number of piperidine rings is 2. The first-order valence-corrected chi connectivity index (χ1v) is 14.9. The van der Waals surface area contributed by atoms with Crippen LogP contribution in [0.4, 0.5) is 0 Å². The molecule has 0 aromatic carbocycles. The zero-order chi connectivity index (χ0) is 32.0. The molecule has 4 aliphatic rings. The van der Waals surface area contributed by atoms with E-state index in [9.17, 15) is 19.2 Å². The maximum Gasteiger partial charge on any atom is 0.328 e. The van der Waals surface area contributed by atoms with Gasteiger partial charge in [0.2, 0.25) is 5.91 Å². The summed E-state index contributed by atoms with van der Waals surface area (Å²) in [6.45, 7) is 26.1. The Bertz CT molecular complexity index is 1010. The van der Waals surface area contributed by atoms with Crippen LogP contribution in [-0.2, 0) is 28.7 Å². The zero-order valence-electron chi connectivity index (χ0n) is 28.3. The van der Waals surface area contributed by atoms with Crippen LogP contribution in [0.3, 0.4) is 0 Å². The van der Waals surface area contributed by atoms with Crippen molar-refractivity contribution in [2.45, 2.75) is 103 Å². The molecule has 9 nitrogen and oxygen atoms in total. The Morgan fingerprint density at radius 3 is 1.58 bits per heavy atom. The van der Waals surface area contributed by atoms with Crippen LogP contribution in [0, 0.1) is 57.2 Å². The highest BCUT2D eigenvalue weighted by atomic mass is 35.5. The van der Waals surface area contributed by atoms with E-state index in [1.807, 2.05) is 27.7 Å². The van der Waals surface area contributed by atoms with Gasteiger partial charge < -0.3 is 37.2 Å². The van der Waals surface area contributed by atoms with Crippen molar-refractivity contribution < 1.29 is 46.2 Å². The van der Waals surface area contributed by atoms with Gasteiger partial charge in [-0.25, -0.2) is 4.79 Å². The Kier molecular flexibility index (Phi) is 13.4. The van der Waals surface area contributed by atoms with Crippen LogP contribution in [0.15, 0.2) is 0 Å². The van der Waals surface area contributed by atoms with E-state index in [1.165, 1.54) is 14.2 Å². The number of ether oxygens (including phenoxy) is 2. The van der Waals surface area contributed by atoms with Gasteiger partial charge in [0, 0.05) is 18.4 Å². The molecule has 2 N–H and O–H groups in total. The molecule has 1 amide bonds. The van der Waals surface area contributed by atoms with Crippen molar-refractivity contribution in [1.29, 1.82) is 0 Å². The summed E-state index contributed by atoms with van der Waals surface area (Å²) in [5.74, 6) is 0.497. The summed E-state index contributed by atoms with van der Waals surface area (Å²) in [5, 5.41) is 11.7. The lowest BCUT2D eigenvalue weighted by Gasteiger charge is -2.35. The first-order valence-electron chi connectivity index (χ1n) is 14.9. The number of nitrogens with zero attached hydrogens (tertiary/aromatic N) is 1. The molecule has 252 valence electrons. The monoisotopic (exact) mass is 631 g/mol. The fraction of sp³-hybridized carbons (Fsp3) is 0.879. The van der Waals surface area contributed by atoms with E-state index in [4.69, 9.17) is 14.6 Å². The van der Waals surface area contributed by atoms with E-state index in [1.54, 1.807) is 11.8 Å². The number of nitrogens with one attached hydrogen (secondary N) is 1. The number of carbonyl (C=O) groups is 4. The summed E-state index contributed by atoms with van der Waals surface area (Å²) in [6.07, 6.45) is 0. The fourth-order valence-corrected chi connectivity index (χ4v) is 6.47. The normalized spacial score (nSPS) is 30.0. The summed E-state index contributed by atoms with van der Waals surface area (Å²) in [7, 11) is 2.85. The highest BCUT2D eigenvalue weighted by Gasteiger charge is 2.70. The van der Waals surface area contributed by atoms with Crippen molar-refractivity contribution in [2.75, 3.05) is 27.3 Å². The Morgan fingerprint density at radius 2 is 1.26 bits per heavy atom. The number of hydrogen-bond acceptors (Lipinski definition) is 7. The molecular weight excluding hydrogens is 572 g/mol. The molecule has 4 fully saturated rings. The predicted octanol–water partition coefficient (Wildman–Crippen LogP) is 2.12. The van der Waals surface area contributed by atoms with Gasteiger partial charge >= 0.3 is 17.9 Å². The molecule has 4 unspecified atom stereocenters. The van der Waals surface area contributed by atoms with Crippen molar-refractivity contribution in [1.82, 2.24) is 10.2 Å². The summed E-state index contributed by atoms with van der Waals surface area (Å²) < 4.78 is 9.66. The first-order chi connectivity index (χ1) is 18.5. The minimum atomic E-state index is -0.720. The Balaban J connectivity index is 0.000000658. The highest BCUT2D eigenvalue weighted by molar-refractivity contribution is 5.88. The van der Waals surface area contributed by atoms with Gasteiger partial charge in [0.1, 0.15) is 12.1 Å². The molecular formula is C33H60ClN2O7-. The van der Waals surface area contributed by atoms with Gasteiger partial charge in [-0.15, -0.1) is 0 Å². The number of carboxylic acids is 1. The van der Waals surface area contributed by atoms with E-state index in [0.29, 0.717) is 29.7 Å². The number of halogens is 1. The molecule has 10 heteroatoms.